The average Bonchev–Trinajstić information content (AvgIpc) is 3.08. The summed E-state index contributed by atoms with van der Waals surface area (Å²) in [5, 5.41) is 1.94. The first-order valence-electron chi connectivity index (χ1n) is 9.83. The molecule has 0 fully saturated rings. The fraction of sp³-hybridized carbons (Fsp3) is 0.0370. The third-order valence-corrected chi connectivity index (χ3v) is 5.37. The molecule has 2 amide bonds. The van der Waals surface area contributed by atoms with Crippen molar-refractivity contribution in [1.29, 1.82) is 0 Å². The zero-order valence-electron chi connectivity index (χ0n) is 16.8. The highest BCUT2D eigenvalue weighted by Crippen LogP contribution is 2.31. The molecule has 4 aromatic carbocycles. The molecule has 0 atom stereocenters. The van der Waals surface area contributed by atoms with Gasteiger partial charge in [-0.05, 0) is 36.4 Å². The molecule has 0 N–H and O–H groups in total. The summed E-state index contributed by atoms with van der Waals surface area (Å²) in [6.07, 6.45) is 0. The molecule has 0 saturated carbocycles. The Kier molecular flexibility index (Phi) is 4.50. The first-order chi connectivity index (χ1) is 15.2. The normalized spacial score (nSPS) is 12.5. The van der Waals surface area contributed by atoms with E-state index in [0.717, 1.165) is 22.1 Å². The van der Waals surface area contributed by atoms with Crippen molar-refractivity contribution in [2.45, 2.75) is 0 Å². The van der Waals surface area contributed by atoms with Crippen LogP contribution < -0.4 is 9.64 Å². The number of anilines is 1. The summed E-state index contributed by atoms with van der Waals surface area (Å²) in [5.41, 5.74) is 2.63. The summed E-state index contributed by atoms with van der Waals surface area (Å²) in [6.45, 7) is 0. The molecule has 1 aliphatic rings. The van der Waals surface area contributed by atoms with Gasteiger partial charge in [-0.25, -0.2) is 4.90 Å². The van der Waals surface area contributed by atoms with Crippen LogP contribution in [0.15, 0.2) is 84.9 Å². The monoisotopic (exact) mass is 403 g/mol. The van der Waals surface area contributed by atoms with E-state index >= 15 is 0 Å². The van der Waals surface area contributed by atoms with Gasteiger partial charge < -0.3 is 4.74 Å². The molecule has 0 aliphatic carbocycles. The van der Waals surface area contributed by atoms with Gasteiger partial charge in [-0.1, -0.05) is 60.4 Å². The fourth-order valence-electron chi connectivity index (χ4n) is 3.89. The summed E-state index contributed by atoms with van der Waals surface area (Å²) in [7, 11) is 1.64. The molecular formula is C27H17NO3. The number of fused-ring (bicyclic) bond motifs is 2. The Morgan fingerprint density at radius 1 is 0.677 bits per heavy atom. The predicted molar refractivity (Wildman–Crippen MR) is 121 cm³/mol. The number of para-hydroxylation sites is 1. The van der Waals surface area contributed by atoms with E-state index in [4.69, 9.17) is 4.74 Å². The highest BCUT2D eigenvalue weighted by Gasteiger charge is 2.38. The molecule has 0 radical (unpaired) electrons. The predicted octanol–water partition coefficient (Wildman–Crippen LogP) is 5.05. The molecule has 5 rings (SSSR count). The standard InChI is InChI=1S/C27H17NO3/c1-31-24-17-16-18(21-11-5-6-12-22(21)24)14-15-19-8-7-13-23-25(19)27(30)28(26(23)29)20-9-3-2-4-10-20/h2-13,16-17H,1H3. The maximum absolute atomic E-state index is 13.2. The zero-order chi connectivity index (χ0) is 21.4. The van der Waals surface area contributed by atoms with E-state index < -0.39 is 0 Å². The molecule has 1 aliphatic heterocycles. The Hall–Kier alpha value is -4.36. The third kappa shape index (κ3) is 3.04. The lowest BCUT2D eigenvalue weighted by atomic mass is 10.0. The van der Waals surface area contributed by atoms with Gasteiger partial charge in [0.05, 0.1) is 23.9 Å². The van der Waals surface area contributed by atoms with Crippen LogP contribution in [-0.2, 0) is 0 Å². The number of methoxy groups -OCH3 is 1. The first-order valence-corrected chi connectivity index (χ1v) is 9.83. The van der Waals surface area contributed by atoms with Crippen molar-refractivity contribution >= 4 is 28.3 Å². The molecule has 148 valence electrons. The number of amides is 2. The maximum Gasteiger partial charge on any atom is 0.267 e. The van der Waals surface area contributed by atoms with Crippen molar-refractivity contribution in [2.24, 2.45) is 0 Å². The quantitative estimate of drug-likeness (QED) is 0.348. The van der Waals surface area contributed by atoms with Gasteiger partial charge in [-0.15, -0.1) is 0 Å². The van der Waals surface area contributed by atoms with E-state index in [1.807, 2.05) is 42.5 Å². The van der Waals surface area contributed by atoms with Crippen molar-refractivity contribution in [1.82, 2.24) is 0 Å². The van der Waals surface area contributed by atoms with Gasteiger partial charge in [0, 0.05) is 21.9 Å². The lowest BCUT2D eigenvalue weighted by Crippen LogP contribution is -2.29. The fourth-order valence-corrected chi connectivity index (χ4v) is 3.89. The second kappa shape index (κ2) is 7.47. The molecule has 0 bridgehead atoms. The van der Waals surface area contributed by atoms with Crippen molar-refractivity contribution in [3.63, 3.8) is 0 Å². The number of nitrogens with zero attached hydrogens (tertiary/aromatic N) is 1. The van der Waals surface area contributed by atoms with Gasteiger partial charge in [-0.3, -0.25) is 9.59 Å². The molecule has 0 saturated heterocycles. The van der Waals surface area contributed by atoms with Crippen LogP contribution in [0.3, 0.4) is 0 Å². The summed E-state index contributed by atoms with van der Waals surface area (Å²) >= 11 is 0. The van der Waals surface area contributed by atoms with Crippen LogP contribution in [0.2, 0.25) is 0 Å². The number of hydrogen-bond donors (Lipinski definition) is 0. The molecule has 0 aromatic heterocycles. The number of carbonyl (C=O) groups is 2. The average molecular weight is 403 g/mol. The Labute approximate surface area is 179 Å². The molecule has 1 heterocycles. The van der Waals surface area contributed by atoms with Gasteiger partial charge in [0.15, 0.2) is 0 Å². The minimum absolute atomic E-state index is 0.329. The topological polar surface area (TPSA) is 46.6 Å². The minimum Gasteiger partial charge on any atom is -0.496 e. The van der Waals surface area contributed by atoms with Gasteiger partial charge in [-0.2, -0.15) is 0 Å². The Balaban J connectivity index is 1.60. The molecule has 4 heteroatoms. The van der Waals surface area contributed by atoms with Crippen molar-refractivity contribution in [3.8, 4) is 17.6 Å². The largest absolute Gasteiger partial charge is 0.496 e. The van der Waals surface area contributed by atoms with Crippen molar-refractivity contribution < 1.29 is 14.3 Å². The number of imide groups is 1. The molecule has 4 nitrogen and oxygen atoms in total. The second-order valence-electron chi connectivity index (χ2n) is 7.12. The number of hydrogen-bond acceptors (Lipinski definition) is 3. The van der Waals surface area contributed by atoms with E-state index in [1.54, 1.807) is 49.6 Å². The zero-order valence-corrected chi connectivity index (χ0v) is 16.8. The molecule has 0 spiro atoms. The van der Waals surface area contributed by atoms with E-state index in [0.29, 0.717) is 22.4 Å². The Bertz CT molecular complexity index is 1410. The summed E-state index contributed by atoms with van der Waals surface area (Å²) in [6, 6.07) is 25.8. The molecule has 31 heavy (non-hydrogen) atoms. The van der Waals surface area contributed by atoms with Crippen LogP contribution in [0.4, 0.5) is 5.69 Å². The van der Waals surface area contributed by atoms with Crippen LogP contribution in [0.25, 0.3) is 10.8 Å². The van der Waals surface area contributed by atoms with Crippen LogP contribution in [0, 0.1) is 11.8 Å². The van der Waals surface area contributed by atoms with Gasteiger partial charge >= 0.3 is 0 Å². The number of benzene rings is 4. The van der Waals surface area contributed by atoms with Gasteiger partial charge in [0.25, 0.3) is 11.8 Å². The number of ether oxygens (including phenoxy) is 1. The van der Waals surface area contributed by atoms with Crippen LogP contribution in [0.1, 0.15) is 31.8 Å². The highest BCUT2D eigenvalue weighted by molar-refractivity contribution is 6.35. The van der Waals surface area contributed by atoms with Crippen LogP contribution in [0.5, 0.6) is 5.75 Å². The van der Waals surface area contributed by atoms with Crippen molar-refractivity contribution in [3.05, 3.63) is 107 Å². The second-order valence-corrected chi connectivity index (χ2v) is 7.12. The lowest BCUT2D eigenvalue weighted by Gasteiger charge is -2.13. The van der Waals surface area contributed by atoms with Gasteiger partial charge in [0.1, 0.15) is 5.75 Å². The summed E-state index contributed by atoms with van der Waals surface area (Å²) in [5.74, 6) is 6.41. The molecule has 0 unspecified atom stereocenters. The van der Waals surface area contributed by atoms with E-state index in [9.17, 15) is 9.59 Å². The third-order valence-electron chi connectivity index (χ3n) is 5.37. The van der Waals surface area contributed by atoms with Gasteiger partial charge in [0.2, 0.25) is 0 Å². The SMILES string of the molecule is COc1ccc(C#Cc2cccc3c2C(=O)N(c2ccccc2)C3=O)c2ccccc12. The van der Waals surface area contributed by atoms with E-state index in [1.165, 1.54) is 4.90 Å². The number of carbonyl (C=O) groups excluding carboxylic acids is 2. The smallest absolute Gasteiger partial charge is 0.267 e. The highest BCUT2D eigenvalue weighted by atomic mass is 16.5. The van der Waals surface area contributed by atoms with Crippen LogP contribution >= 0.6 is 0 Å². The van der Waals surface area contributed by atoms with Crippen molar-refractivity contribution in [2.75, 3.05) is 12.0 Å². The minimum atomic E-state index is -0.351. The Morgan fingerprint density at radius 3 is 2.16 bits per heavy atom. The summed E-state index contributed by atoms with van der Waals surface area (Å²) < 4.78 is 5.45. The lowest BCUT2D eigenvalue weighted by molar-refractivity contribution is 0.0926. The molecule has 4 aromatic rings. The van der Waals surface area contributed by atoms with Crippen LogP contribution in [-0.4, -0.2) is 18.9 Å². The number of rotatable bonds is 2. The Morgan fingerprint density at radius 2 is 1.39 bits per heavy atom. The molecular weight excluding hydrogens is 386 g/mol. The summed E-state index contributed by atoms with van der Waals surface area (Å²) in [4.78, 5) is 27.3. The first kappa shape index (κ1) is 18.7. The van der Waals surface area contributed by atoms with E-state index in [2.05, 4.69) is 11.8 Å². The van der Waals surface area contributed by atoms with E-state index in [-0.39, 0.29) is 11.8 Å². The maximum atomic E-state index is 13.2.